The van der Waals surface area contributed by atoms with E-state index in [1.54, 1.807) is 22.6 Å². The zero-order chi connectivity index (χ0) is 14.4. The molecule has 2 rings (SSSR count). The van der Waals surface area contributed by atoms with E-state index in [0.29, 0.717) is 9.09 Å². The van der Waals surface area contributed by atoms with E-state index in [1.165, 1.54) is 17.6 Å². The molecular formula is C11H10F4IN3. The van der Waals surface area contributed by atoms with E-state index in [-0.39, 0.29) is 11.5 Å². The molecule has 0 bridgehead atoms. The number of fused-ring (bicyclic) bond motifs is 1. The summed E-state index contributed by atoms with van der Waals surface area (Å²) >= 11 is 1.79. The summed E-state index contributed by atoms with van der Waals surface area (Å²) in [4.78, 5) is 3.97. The van der Waals surface area contributed by atoms with Crippen LogP contribution >= 0.6 is 22.6 Å². The Balaban J connectivity index is 2.54. The van der Waals surface area contributed by atoms with Crippen molar-refractivity contribution in [1.82, 2.24) is 9.55 Å². The van der Waals surface area contributed by atoms with Crippen molar-refractivity contribution < 1.29 is 17.6 Å². The van der Waals surface area contributed by atoms with Gasteiger partial charge in [-0.25, -0.2) is 9.37 Å². The molecule has 0 amide bonds. The van der Waals surface area contributed by atoms with Crippen molar-refractivity contribution in [3.05, 3.63) is 21.5 Å². The third kappa shape index (κ3) is 2.93. The molecule has 0 fully saturated rings. The lowest BCUT2D eigenvalue weighted by Gasteiger charge is -2.17. The van der Waals surface area contributed by atoms with Crippen LogP contribution in [0.25, 0.3) is 11.0 Å². The molecule has 8 heteroatoms. The molecule has 1 heterocycles. The highest BCUT2D eigenvalue weighted by molar-refractivity contribution is 14.1. The van der Waals surface area contributed by atoms with Crippen LogP contribution in [0.1, 0.15) is 19.4 Å². The van der Waals surface area contributed by atoms with E-state index in [4.69, 9.17) is 5.73 Å². The number of anilines is 1. The van der Waals surface area contributed by atoms with Crippen LogP contribution in [0.4, 0.5) is 23.5 Å². The molecule has 104 valence electrons. The number of nitrogens with two attached hydrogens (primary N) is 1. The van der Waals surface area contributed by atoms with Gasteiger partial charge in [0.2, 0.25) is 5.95 Å². The molecule has 0 saturated carbocycles. The van der Waals surface area contributed by atoms with Crippen LogP contribution in [0.5, 0.6) is 0 Å². The van der Waals surface area contributed by atoms with Gasteiger partial charge in [0.15, 0.2) is 0 Å². The first-order valence-electron chi connectivity index (χ1n) is 5.38. The van der Waals surface area contributed by atoms with Crippen LogP contribution in [0.3, 0.4) is 0 Å². The summed E-state index contributed by atoms with van der Waals surface area (Å²) in [5, 5.41) is 0. The van der Waals surface area contributed by atoms with E-state index in [1.807, 2.05) is 0 Å². The quantitative estimate of drug-likeness (QED) is 0.628. The van der Waals surface area contributed by atoms with Gasteiger partial charge in [-0.3, -0.25) is 0 Å². The van der Waals surface area contributed by atoms with Crippen molar-refractivity contribution in [1.29, 1.82) is 0 Å². The molecule has 19 heavy (non-hydrogen) atoms. The molecule has 0 radical (unpaired) electrons. The number of alkyl halides is 3. The standard InChI is InChI=1S/C11H10F4IN3/c1-5(4-11(13,14)15)19-9-2-6(12)7(16)3-8(9)18-10(19)17/h2-3,5H,4H2,1H3,(H2,17,18). The van der Waals surface area contributed by atoms with Gasteiger partial charge >= 0.3 is 6.18 Å². The number of nitrogen functional groups attached to an aromatic ring is 1. The van der Waals surface area contributed by atoms with E-state index in [2.05, 4.69) is 4.98 Å². The van der Waals surface area contributed by atoms with Gasteiger partial charge in [0.05, 0.1) is 21.0 Å². The minimum Gasteiger partial charge on any atom is -0.369 e. The van der Waals surface area contributed by atoms with Gasteiger partial charge in [0, 0.05) is 12.1 Å². The Bertz CT molecular complexity index is 620. The molecule has 0 aliphatic carbocycles. The third-order valence-electron chi connectivity index (χ3n) is 2.73. The fourth-order valence-corrected chi connectivity index (χ4v) is 2.45. The van der Waals surface area contributed by atoms with Gasteiger partial charge in [-0.05, 0) is 35.6 Å². The Morgan fingerprint density at radius 3 is 2.63 bits per heavy atom. The average Bonchev–Trinajstić information content (AvgIpc) is 2.52. The highest BCUT2D eigenvalue weighted by Gasteiger charge is 2.32. The van der Waals surface area contributed by atoms with E-state index in [9.17, 15) is 17.6 Å². The highest BCUT2D eigenvalue weighted by atomic mass is 127. The van der Waals surface area contributed by atoms with Crippen LogP contribution in [-0.2, 0) is 0 Å². The zero-order valence-corrected chi connectivity index (χ0v) is 12.0. The topological polar surface area (TPSA) is 43.8 Å². The van der Waals surface area contributed by atoms with Gasteiger partial charge in [0.1, 0.15) is 5.82 Å². The number of nitrogens with zero attached hydrogens (tertiary/aromatic N) is 2. The average molecular weight is 387 g/mol. The van der Waals surface area contributed by atoms with Gasteiger partial charge < -0.3 is 10.3 Å². The van der Waals surface area contributed by atoms with E-state index in [0.717, 1.165) is 6.07 Å². The number of hydrogen-bond acceptors (Lipinski definition) is 2. The lowest BCUT2D eigenvalue weighted by atomic mass is 10.2. The van der Waals surface area contributed by atoms with Crippen LogP contribution in [-0.4, -0.2) is 15.7 Å². The second-order valence-corrected chi connectivity index (χ2v) is 5.43. The Hall–Kier alpha value is -1.06. The molecule has 1 aromatic heterocycles. The Labute approximate surface area is 119 Å². The second-order valence-electron chi connectivity index (χ2n) is 4.26. The number of rotatable bonds is 2. The summed E-state index contributed by atoms with van der Waals surface area (Å²) in [5.74, 6) is -0.554. The maximum absolute atomic E-state index is 13.5. The highest BCUT2D eigenvalue weighted by Crippen LogP contribution is 2.32. The van der Waals surface area contributed by atoms with Crippen LogP contribution in [0.15, 0.2) is 12.1 Å². The number of benzene rings is 1. The Morgan fingerprint density at radius 1 is 1.42 bits per heavy atom. The minimum absolute atomic E-state index is 0.0480. The molecule has 1 atom stereocenters. The molecule has 1 aromatic carbocycles. The first kappa shape index (κ1) is 14.4. The number of hydrogen-bond donors (Lipinski definition) is 1. The van der Waals surface area contributed by atoms with Crippen molar-refractivity contribution >= 4 is 39.6 Å². The van der Waals surface area contributed by atoms with Gasteiger partial charge in [-0.15, -0.1) is 0 Å². The first-order chi connectivity index (χ1) is 8.69. The lowest BCUT2D eigenvalue weighted by molar-refractivity contribution is -0.141. The molecule has 3 nitrogen and oxygen atoms in total. The number of aromatic nitrogens is 2. The molecule has 0 saturated heterocycles. The lowest BCUT2D eigenvalue weighted by Crippen LogP contribution is -2.17. The van der Waals surface area contributed by atoms with Crippen LogP contribution < -0.4 is 5.73 Å². The number of imidazole rings is 1. The predicted octanol–water partition coefficient (Wildman–Crippen LogP) is 3.88. The van der Waals surface area contributed by atoms with Gasteiger partial charge in [-0.1, -0.05) is 0 Å². The first-order valence-corrected chi connectivity index (χ1v) is 6.46. The third-order valence-corrected chi connectivity index (χ3v) is 3.55. The maximum atomic E-state index is 13.5. The van der Waals surface area contributed by atoms with Crippen molar-refractivity contribution in [2.45, 2.75) is 25.6 Å². The van der Waals surface area contributed by atoms with Gasteiger partial charge in [0.25, 0.3) is 0 Å². The molecule has 0 spiro atoms. The summed E-state index contributed by atoms with van der Waals surface area (Å²) in [5.41, 5.74) is 6.29. The van der Waals surface area contributed by atoms with E-state index < -0.39 is 24.5 Å². The van der Waals surface area contributed by atoms with Crippen molar-refractivity contribution in [2.24, 2.45) is 0 Å². The monoisotopic (exact) mass is 387 g/mol. The molecule has 0 aliphatic heterocycles. The maximum Gasteiger partial charge on any atom is 0.391 e. The Morgan fingerprint density at radius 2 is 2.05 bits per heavy atom. The summed E-state index contributed by atoms with van der Waals surface area (Å²) in [7, 11) is 0. The van der Waals surface area contributed by atoms with Crippen molar-refractivity contribution in [3.8, 4) is 0 Å². The predicted molar refractivity (Wildman–Crippen MR) is 72.2 cm³/mol. The summed E-state index contributed by atoms with van der Waals surface area (Å²) in [6.45, 7) is 1.38. The fraction of sp³-hybridized carbons (Fsp3) is 0.364. The normalized spacial score (nSPS) is 14.0. The molecule has 1 unspecified atom stereocenters. The fourth-order valence-electron chi connectivity index (χ4n) is 2.00. The SMILES string of the molecule is CC(CC(F)(F)F)n1c(N)nc2cc(I)c(F)cc21. The van der Waals surface area contributed by atoms with Crippen molar-refractivity contribution in [3.63, 3.8) is 0 Å². The smallest absolute Gasteiger partial charge is 0.369 e. The molecular weight excluding hydrogens is 377 g/mol. The van der Waals surface area contributed by atoms with Crippen LogP contribution in [0.2, 0.25) is 0 Å². The van der Waals surface area contributed by atoms with Crippen molar-refractivity contribution in [2.75, 3.05) is 5.73 Å². The molecule has 2 N–H and O–H groups in total. The Kier molecular flexibility index (Phi) is 3.63. The zero-order valence-electron chi connectivity index (χ0n) is 9.80. The molecule has 0 aliphatic rings. The van der Waals surface area contributed by atoms with Crippen LogP contribution in [0, 0.1) is 9.39 Å². The van der Waals surface area contributed by atoms with Gasteiger partial charge in [-0.2, -0.15) is 13.2 Å². The summed E-state index contributed by atoms with van der Waals surface area (Å²) in [6.07, 6.45) is -5.36. The largest absolute Gasteiger partial charge is 0.391 e. The van der Waals surface area contributed by atoms with E-state index >= 15 is 0 Å². The summed E-state index contributed by atoms with van der Waals surface area (Å²) in [6, 6.07) is 1.68. The summed E-state index contributed by atoms with van der Waals surface area (Å²) < 4.78 is 52.4. The second kappa shape index (κ2) is 4.80. The minimum atomic E-state index is -4.32. The number of halogens is 5. The molecule has 2 aromatic rings.